The minimum absolute atomic E-state index is 0.293. The van der Waals surface area contributed by atoms with E-state index >= 15 is 0 Å². The Bertz CT molecular complexity index is 425. The van der Waals surface area contributed by atoms with Crippen LogP contribution in [0.3, 0.4) is 0 Å². The highest BCUT2D eigenvalue weighted by Gasteiger charge is 2.11. The summed E-state index contributed by atoms with van der Waals surface area (Å²) in [5, 5.41) is 0. The quantitative estimate of drug-likeness (QED) is 0.768. The third kappa shape index (κ3) is 3.67. The number of nitrogens with zero attached hydrogens (tertiary/aromatic N) is 1. The Morgan fingerprint density at radius 2 is 2.06 bits per heavy atom. The van der Waals surface area contributed by atoms with Crippen molar-refractivity contribution in [2.75, 3.05) is 13.6 Å². The zero-order valence-electron chi connectivity index (χ0n) is 11.5. The molecule has 0 saturated carbocycles. The van der Waals surface area contributed by atoms with Gasteiger partial charge in [-0.25, -0.2) is 0 Å². The minimum Gasteiger partial charge on any atom is -0.302 e. The molecule has 1 aromatic carbocycles. The first-order valence-corrected chi connectivity index (χ1v) is 6.94. The van der Waals surface area contributed by atoms with E-state index in [0.717, 1.165) is 19.5 Å². The van der Waals surface area contributed by atoms with Crippen LogP contribution in [0.4, 0.5) is 0 Å². The molecule has 0 saturated heterocycles. The maximum Gasteiger partial charge on any atom is 0.129 e. The number of Topliss-reactive ketones (excluding diaryl/α,β-unsaturated/α-hetero) is 1. The van der Waals surface area contributed by atoms with Crippen LogP contribution >= 0.6 is 0 Å². The van der Waals surface area contributed by atoms with Gasteiger partial charge in [0.15, 0.2) is 0 Å². The van der Waals surface area contributed by atoms with Crippen LogP contribution in [-0.2, 0) is 24.2 Å². The van der Waals surface area contributed by atoms with E-state index in [1.54, 1.807) is 12.5 Å². The standard InChI is InChI=1S/C16H23NO/c1-13(18)5-4-10-17(2)12-14-8-9-15-6-3-7-16(15)11-14/h8-9,11H,3-7,10,12H2,1-2H3. The van der Waals surface area contributed by atoms with Gasteiger partial charge in [0.25, 0.3) is 0 Å². The Balaban J connectivity index is 1.83. The summed E-state index contributed by atoms with van der Waals surface area (Å²) in [6.07, 6.45) is 5.49. The summed E-state index contributed by atoms with van der Waals surface area (Å²) in [5.74, 6) is 0.293. The van der Waals surface area contributed by atoms with E-state index in [1.165, 1.54) is 30.4 Å². The van der Waals surface area contributed by atoms with Gasteiger partial charge < -0.3 is 9.69 Å². The third-order valence-electron chi connectivity index (χ3n) is 3.68. The lowest BCUT2D eigenvalue weighted by Gasteiger charge is -2.17. The van der Waals surface area contributed by atoms with Crippen LogP contribution in [0.5, 0.6) is 0 Å². The van der Waals surface area contributed by atoms with Crippen molar-refractivity contribution in [2.45, 2.75) is 45.6 Å². The van der Waals surface area contributed by atoms with Crippen molar-refractivity contribution in [3.8, 4) is 0 Å². The van der Waals surface area contributed by atoms with Gasteiger partial charge >= 0.3 is 0 Å². The van der Waals surface area contributed by atoms with E-state index in [4.69, 9.17) is 0 Å². The van der Waals surface area contributed by atoms with Gasteiger partial charge in [0.2, 0.25) is 0 Å². The second kappa shape index (κ2) is 6.14. The smallest absolute Gasteiger partial charge is 0.129 e. The second-order valence-corrected chi connectivity index (χ2v) is 5.50. The molecule has 0 heterocycles. The highest BCUT2D eigenvalue weighted by Crippen LogP contribution is 2.23. The van der Waals surface area contributed by atoms with Gasteiger partial charge in [0.05, 0.1) is 0 Å². The molecule has 0 atom stereocenters. The van der Waals surface area contributed by atoms with Crippen molar-refractivity contribution in [1.82, 2.24) is 4.90 Å². The number of ketones is 1. The molecule has 0 fully saturated rings. The number of aryl methyl sites for hydroxylation is 2. The maximum atomic E-state index is 10.9. The van der Waals surface area contributed by atoms with Gasteiger partial charge in [0, 0.05) is 13.0 Å². The van der Waals surface area contributed by atoms with Crippen molar-refractivity contribution in [2.24, 2.45) is 0 Å². The summed E-state index contributed by atoms with van der Waals surface area (Å²) in [6.45, 7) is 3.66. The Morgan fingerprint density at radius 1 is 1.28 bits per heavy atom. The van der Waals surface area contributed by atoms with Gasteiger partial charge in [-0.2, -0.15) is 0 Å². The summed E-state index contributed by atoms with van der Waals surface area (Å²) in [4.78, 5) is 13.2. The number of fused-ring (bicyclic) bond motifs is 1. The van der Waals surface area contributed by atoms with Crippen molar-refractivity contribution >= 4 is 5.78 Å². The number of carbonyl (C=O) groups is 1. The number of benzene rings is 1. The van der Waals surface area contributed by atoms with Crippen LogP contribution in [0, 0.1) is 0 Å². The van der Waals surface area contributed by atoms with Crippen molar-refractivity contribution in [1.29, 1.82) is 0 Å². The lowest BCUT2D eigenvalue weighted by atomic mass is 10.1. The highest BCUT2D eigenvalue weighted by atomic mass is 16.1. The molecule has 18 heavy (non-hydrogen) atoms. The third-order valence-corrected chi connectivity index (χ3v) is 3.68. The zero-order chi connectivity index (χ0) is 13.0. The Kier molecular flexibility index (Phi) is 4.54. The van der Waals surface area contributed by atoms with E-state index in [1.807, 2.05) is 0 Å². The molecule has 1 aliphatic carbocycles. The van der Waals surface area contributed by atoms with Crippen molar-refractivity contribution in [3.63, 3.8) is 0 Å². The van der Waals surface area contributed by atoms with Crippen LogP contribution in [0.1, 0.15) is 42.9 Å². The first-order valence-electron chi connectivity index (χ1n) is 6.94. The number of hydrogen-bond donors (Lipinski definition) is 0. The zero-order valence-corrected chi connectivity index (χ0v) is 11.5. The van der Waals surface area contributed by atoms with Crippen LogP contribution < -0.4 is 0 Å². The van der Waals surface area contributed by atoms with E-state index in [2.05, 4.69) is 30.1 Å². The molecule has 1 aromatic rings. The molecule has 0 aliphatic heterocycles. The largest absolute Gasteiger partial charge is 0.302 e. The fourth-order valence-electron chi connectivity index (χ4n) is 2.71. The van der Waals surface area contributed by atoms with Crippen LogP contribution in [0.2, 0.25) is 0 Å². The second-order valence-electron chi connectivity index (χ2n) is 5.50. The van der Waals surface area contributed by atoms with Gasteiger partial charge in [0.1, 0.15) is 5.78 Å². The topological polar surface area (TPSA) is 20.3 Å². The van der Waals surface area contributed by atoms with E-state index in [9.17, 15) is 4.79 Å². The summed E-state index contributed by atoms with van der Waals surface area (Å²) in [6, 6.07) is 6.91. The lowest BCUT2D eigenvalue weighted by Crippen LogP contribution is -2.19. The molecule has 0 amide bonds. The van der Waals surface area contributed by atoms with Crippen molar-refractivity contribution in [3.05, 3.63) is 34.9 Å². The Labute approximate surface area is 110 Å². The molecule has 98 valence electrons. The Hall–Kier alpha value is -1.15. The first-order chi connectivity index (χ1) is 8.65. The van der Waals surface area contributed by atoms with Gasteiger partial charge in [-0.15, -0.1) is 0 Å². The fourth-order valence-corrected chi connectivity index (χ4v) is 2.71. The van der Waals surface area contributed by atoms with Crippen LogP contribution in [0.15, 0.2) is 18.2 Å². The first kappa shape index (κ1) is 13.3. The number of rotatable bonds is 6. The van der Waals surface area contributed by atoms with Gasteiger partial charge in [-0.1, -0.05) is 18.2 Å². The van der Waals surface area contributed by atoms with E-state index in [-0.39, 0.29) is 0 Å². The average molecular weight is 245 g/mol. The van der Waals surface area contributed by atoms with E-state index < -0.39 is 0 Å². The summed E-state index contributed by atoms with van der Waals surface area (Å²) in [5.41, 5.74) is 4.49. The van der Waals surface area contributed by atoms with Crippen LogP contribution in [-0.4, -0.2) is 24.3 Å². The maximum absolute atomic E-state index is 10.9. The summed E-state index contributed by atoms with van der Waals surface area (Å²) < 4.78 is 0. The average Bonchev–Trinajstić information content (AvgIpc) is 2.75. The normalized spacial score (nSPS) is 13.9. The molecule has 2 heteroatoms. The highest BCUT2D eigenvalue weighted by molar-refractivity contribution is 5.75. The molecule has 0 spiro atoms. The molecule has 0 bridgehead atoms. The Morgan fingerprint density at radius 3 is 2.83 bits per heavy atom. The van der Waals surface area contributed by atoms with Crippen LogP contribution in [0.25, 0.3) is 0 Å². The minimum atomic E-state index is 0.293. The summed E-state index contributed by atoms with van der Waals surface area (Å²) in [7, 11) is 2.13. The fraction of sp³-hybridized carbons (Fsp3) is 0.562. The van der Waals surface area contributed by atoms with Crippen molar-refractivity contribution < 1.29 is 4.79 Å². The lowest BCUT2D eigenvalue weighted by molar-refractivity contribution is -0.117. The molecule has 0 radical (unpaired) electrons. The number of hydrogen-bond acceptors (Lipinski definition) is 2. The molecule has 0 unspecified atom stereocenters. The monoisotopic (exact) mass is 245 g/mol. The molecule has 0 aromatic heterocycles. The summed E-state index contributed by atoms with van der Waals surface area (Å²) >= 11 is 0. The molecule has 2 nitrogen and oxygen atoms in total. The van der Waals surface area contributed by atoms with Gasteiger partial charge in [-0.05, 0) is 62.9 Å². The number of carbonyl (C=O) groups excluding carboxylic acids is 1. The molecule has 2 rings (SSSR count). The SMILES string of the molecule is CC(=O)CCCN(C)Cc1ccc2c(c1)CCC2. The molecule has 1 aliphatic rings. The molecular formula is C16H23NO. The molecular weight excluding hydrogens is 222 g/mol. The predicted octanol–water partition coefficient (Wildman–Crippen LogP) is 2.98. The van der Waals surface area contributed by atoms with Gasteiger partial charge in [-0.3, -0.25) is 0 Å². The van der Waals surface area contributed by atoms with E-state index in [0.29, 0.717) is 12.2 Å². The molecule has 0 N–H and O–H groups in total. The predicted molar refractivity (Wildman–Crippen MR) is 74.7 cm³/mol.